The number of hydrogen-bond acceptors (Lipinski definition) is 2. The minimum atomic E-state index is 0.883. The first kappa shape index (κ1) is 17.3. The van der Waals surface area contributed by atoms with E-state index in [1.165, 1.54) is 25.9 Å². The van der Waals surface area contributed by atoms with E-state index in [1.807, 2.05) is 27.7 Å². The topological polar surface area (TPSA) is 12.5 Å². The van der Waals surface area contributed by atoms with Crippen LogP contribution in [-0.4, -0.2) is 38.3 Å². The van der Waals surface area contributed by atoms with Crippen LogP contribution in [0.5, 0.6) is 0 Å². The number of piperidine rings is 1. The van der Waals surface area contributed by atoms with Gasteiger partial charge in [0.25, 0.3) is 0 Å². The standard InChI is InChI=1S/C9H19NO.2C2H6/c1-9-3-5-10(6-4-9)7-8-11-2;2*1-2/h9H,3-8H2,1-2H3;2*1-2H3. The summed E-state index contributed by atoms with van der Waals surface area (Å²) in [7, 11) is 1.77. The van der Waals surface area contributed by atoms with Gasteiger partial charge in [0.15, 0.2) is 0 Å². The minimum Gasteiger partial charge on any atom is -0.383 e. The van der Waals surface area contributed by atoms with Crippen molar-refractivity contribution in [2.45, 2.75) is 47.5 Å². The van der Waals surface area contributed by atoms with Gasteiger partial charge in [-0.2, -0.15) is 0 Å². The summed E-state index contributed by atoms with van der Waals surface area (Å²) in [6.45, 7) is 14.9. The van der Waals surface area contributed by atoms with Crippen LogP contribution in [0.25, 0.3) is 0 Å². The second kappa shape index (κ2) is 13.9. The fourth-order valence-corrected chi connectivity index (χ4v) is 1.51. The molecule has 1 saturated heterocycles. The zero-order valence-electron chi connectivity index (χ0n) is 11.7. The van der Waals surface area contributed by atoms with Crippen LogP contribution in [0.2, 0.25) is 0 Å². The molecule has 1 heterocycles. The third-order valence-electron chi connectivity index (χ3n) is 2.49. The lowest BCUT2D eigenvalue weighted by atomic mass is 9.99. The van der Waals surface area contributed by atoms with E-state index in [2.05, 4.69) is 11.8 Å². The lowest BCUT2D eigenvalue weighted by molar-refractivity contribution is 0.123. The van der Waals surface area contributed by atoms with Gasteiger partial charge in [-0.25, -0.2) is 0 Å². The number of hydrogen-bond donors (Lipinski definition) is 0. The first-order chi connectivity index (χ1) is 7.33. The van der Waals surface area contributed by atoms with Crippen molar-refractivity contribution in [2.24, 2.45) is 5.92 Å². The molecule has 15 heavy (non-hydrogen) atoms. The molecule has 0 bridgehead atoms. The Morgan fingerprint density at radius 1 is 1.07 bits per heavy atom. The fourth-order valence-electron chi connectivity index (χ4n) is 1.51. The highest BCUT2D eigenvalue weighted by molar-refractivity contribution is 4.68. The van der Waals surface area contributed by atoms with Crippen LogP contribution in [0.3, 0.4) is 0 Å². The molecule has 1 fully saturated rings. The molecule has 0 radical (unpaired) electrons. The molecule has 2 heteroatoms. The first-order valence-corrected chi connectivity index (χ1v) is 6.54. The monoisotopic (exact) mass is 217 g/mol. The van der Waals surface area contributed by atoms with Gasteiger partial charge in [-0.1, -0.05) is 34.6 Å². The predicted molar refractivity (Wildman–Crippen MR) is 69.4 cm³/mol. The molecule has 2 nitrogen and oxygen atoms in total. The van der Waals surface area contributed by atoms with E-state index in [4.69, 9.17) is 4.74 Å². The van der Waals surface area contributed by atoms with Crippen molar-refractivity contribution in [3.63, 3.8) is 0 Å². The molecule has 0 amide bonds. The van der Waals surface area contributed by atoms with Crippen molar-refractivity contribution in [1.29, 1.82) is 0 Å². The maximum absolute atomic E-state index is 5.03. The Labute approximate surface area is 97.0 Å². The molecule has 94 valence electrons. The molecule has 0 aromatic heterocycles. The van der Waals surface area contributed by atoms with E-state index in [0.717, 1.165) is 19.1 Å². The van der Waals surface area contributed by atoms with E-state index in [1.54, 1.807) is 7.11 Å². The molecule has 0 atom stereocenters. The quantitative estimate of drug-likeness (QED) is 0.718. The maximum Gasteiger partial charge on any atom is 0.0589 e. The summed E-state index contributed by atoms with van der Waals surface area (Å²) >= 11 is 0. The molecule has 0 aliphatic carbocycles. The minimum absolute atomic E-state index is 0.883. The smallest absolute Gasteiger partial charge is 0.0589 e. The molecule has 0 N–H and O–H groups in total. The van der Waals surface area contributed by atoms with Crippen LogP contribution in [0.1, 0.15) is 47.5 Å². The molecule has 0 aromatic rings. The molecule has 0 spiro atoms. The normalized spacial score (nSPS) is 17.2. The average Bonchev–Trinajstić information content (AvgIpc) is 2.34. The average molecular weight is 217 g/mol. The van der Waals surface area contributed by atoms with Crippen molar-refractivity contribution in [2.75, 3.05) is 33.4 Å². The maximum atomic E-state index is 5.03. The van der Waals surface area contributed by atoms with E-state index >= 15 is 0 Å². The number of likely N-dealkylation sites (tertiary alicyclic amines) is 1. The highest BCUT2D eigenvalue weighted by atomic mass is 16.5. The van der Waals surface area contributed by atoms with E-state index in [0.29, 0.717) is 0 Å². The summed E-state index contributed by atoms with van der Waals surface area (Å²) in [4.78, 5) is 2.49. The number of methoxy groups -OCH3 is 1. The molecule has 0 aromatic carbocycles. The molecule has 0 saturated carbocycles. The van der Waals surface area contributed by atoms with Crippen molar-refractivity contribution in [1.82, 2.24) is 4.90 Å². The summed E-state index contributed by atoms with van der Waals surface area (Å²) in [5.74, 6) is 0.939. The Morgan fingerprint density at radius 2 is 1.53 bits per heavy atom. The van der Waals surface area contributed by atoms with Gasteiger partial charge in [0.2, 0.25) is 0 Å². The molecular formula is C13H31NO. The Morgan fingerprint density at radius 3 is 1.93 bits per heavy atom. The summed E-state index contributed by atoms with van der Waals surface area (Å²) in [6, 6.07) is 0. The molecule has 0 unspecified atom stereocenters. The van der Waals surface area contributed by atoms with Gasteiger partial charge in [-0.05, 0) is 31.8 Å². The Bertz CT molecular complexity index is 96.0. The lowest BCUT2D eigenvalue weighted by Crippen LogP contribution is -2.35. The van der Waals surface area contributed by atoms with Gasteiger partial charge < -0.3 is 9.64 Å². The molecule has 1 aliphatic heterocycles. The van der Waals surface area contributed by atoms with Gasteiger partial charge in [0.1, 0.15) is 0 Å². The zero-order valence-corrected chi connectivity index (χ0v) is 11.7. The van der Waals surface area contributed by atoms with Gasteiger partial charge in [0.05, 0.1) is 6.61 Å². The summed E-state index contributed by atoms with van der Waals surface area (Å²) in [5.41, 5.74) is 0. The fraction of sp³-hybridized carbons (Fsp3) is 1.00. The van der Waals surface area contributed by atoms with Crippen LogP contribution < -0.4 is 0 Å². The van der Waals surface area contributed by atoms with Gasteiger partial charge >= 0.3 is 0 Å². The van der Waals surface area contributed by atoms with Crippen LogP contribution >= 0.6 is 0 Å². The van der Waals surface area contributed by atoms with Crippen molar-refractivity contribution in [3.05, 3.63) is 0 Å². The third kappa shape index (κ3) is 10.2. The van der Waals surface area contributed by atoms with Gasteiger partial charge in [-0.3, -0.25) is 0 Å². The largest absolute Gasteiger partial charge is 0.383 e. The number of nitrogens with zero attached hydrogens (tertiary/aromatic N) is 1. The van der Waals surface area contributed by atoms with Crippen LogP contribution in [0.15, 0.2) is 0 Å². The molecule has 1 rings (SSSR count). The van der Waals surface area contributed by atoms with Crippen molar-refractivity contribution < 1.29 is 4.74 Å². The molecule has 1 aliphatic rings. The van der Waals surface area contributed by atoms with Gasteiger partial charge in [0, 0.05) is 13.7 Å². The van der Waals surface area contributed by atoms with Crippen molar-refractivity contribution >= 4 is 0 Å². The van der Waals surface area contributed by atoms with Crippen LogP contribution in [0.4, 0.5) is 0 Å². The highest BCUT2D eigenvalue weighted by Crippen LogP contribution is 2.15. The van der Waals surface area contributed by atoms with Crippen LogP contribution in [-0.2, 0) is 4.74 Å². The van der Waals surface area contributed by atoms with E-state index in [-0.39, 0.29) is 0 Å². The Hall–Kier alpha value is -0.0800. The first-order valence-electron chi connectivity index (χ1n) is 6.54. The zero-order chi connectivity index (χ0) is 12.1. The summed E-state index contributed by atoms with van der Waals surface area (Å²) in [5, 5.41) is 0. The predicted octanol–water partition coefficient (Wildman–Crippen LogP) is 3.42. The second-order valence-corrected chi connectivity index (χ2v) is 3.52. The Balaban J connectivity index is 0. The third-order valence-corrected chi connectivity index (χ3v) is 2.49. The SMILES string of the molecule is CC.CC.COCCN1CCC(C)CC1. The Kier molecular flexibility index (Phi) is 16.1. The van der Waals surface area contributed by atoms with E-state index < -0.39 is 0 Å². The molecular weight excluding hydrogens is 186 g/mol. The summed E-state index contributed by atoms with van der Waals surface area (Å²) in [6.07, 6.45) is 2.73. The number of ether oxygens (including phenoxy) is 1. The van der Waals surface area contributed by atoms with Crippen LogP contribution in [0, 0.1) is 5.92 Å². The number of rotatable bonds is 3. The van der Waals surface area contributed by atoms with Crippen molar-refractivity contribution in [3.8, 4) is 0 Å². The summed E-state index contributed by atoms with van der Waals surface area (Å²) < 4.78 is 5.03. The lowest BCUT2D eigenvalue weighted by Gasteiger charge is -2.29. The second-order valence-electron chi connectivity index (χ2n) is 3.52. The highest BCUT2D eigenvalue weighted by Gasteiger charge is 2.14. The van der Waals surface area contributed by atoms with E-state index in [9.17, 15) is 0 Å². The van der Waals surface area contributed by atoms with Gasteiger partial charge in [-0.15, -0.1) is 0 Å².